The highest BCUT2D eigenvalue weighted by molar-refractivity contribution is 5.62. The SMILES string of the molecule is CCCCOOC(=O)OC(C)(C)C(CC)(C(C)(C)OC(=O)OOCCCC)C(C)(C)OC(=O)OOCCCC. The summed E-state index contributed by atoms with van der Waals surface area (Å²) in [5.74, 6) is 0. The van der Waals surface area contributed by atoms with Gasteiger partial charge in [0, 0.05) is 0 Å². The molecule has 0 saturated carbocycles. The molecule has 0 heterocycles. The van der Waals surface area contributed by atoms with Crippen molar-refractivity contribution in [2.24, 2.45) is 5.41 Å². The Bertz CT molecular complexity index is 639. The Balaban J connectivity index is 6.20. The first-order chi connectivity index (χ1) is 18.2. The minimum Gasteiger partial charge on any atom is -0.425 e. The molecule has 0 spiro atoms. The molecule has 0 atom stereocenters. The minimum atomic E-state index is -1.49. The third-order valence-corrected chi connectivity index (χ3v) is 6.75. The van der Waals surface area contributed by atoms with Crippen LogP contribution in [0.25, 0.3) is 0 Å². The lowest BCUT2D eigenvalue weighted by atomic mass is 9.54. The molecule has 12 nitrogen and oxygen atoms in total. The van der Waals surface area contributed by atoms with Crippen molar-refractivity contribution < 1.29 is 57.9 Å². The molecule has 0 aliphatic heterocycles. The van der Waals surface area contributed by atoms with Crippen LogP contribution in [0, 0.1) is 5.41 Å². The van der Waals surface area contributed by atoms with Gasteiger partial charge < -0.3 is 14.2 Å². The zero-order valence-electron chi connectivity index (χ0n) is 25.5. The summed E-state index contributed by atoms with van der Waals surface area (Å²) in [6, 6.07) is 0. The molecule has 0 aliphatic rings. The van der Waals surface area contributed by atoms with Crippen LogP contribution < -0.4 is 0 Å². The van der Waals surface area contributed by atoms with Gasteiger partial charge in [-0.1, -0.05) is 47.0 Å². The number of hydrogen-bond acceptors (Lipinski definition) is 12. The Morgan fingerprint density at radius 3 is 0.949 bits per heavy atom. The molecule has 0 unspecified atom stereocenters. The van der Waals surface area contributed by atoms with Crippen LogP contribution in [0.15, 0.2) is 0 Å². The van der Waals surface area contributed by atoms with Crippen LogP contribution >= 0.6 is 0 Å². The molecular weight excluding hydrogens is 516 g/mol. The third-order valence-electron chi connectivity index (χ3n) is 6.75. The van der Waals surface area contributed by atoms with Crippen LogP contribution in [0.3, 0.4) is 0 Å². The summed E-state index contributed by atoms with van der Waals surface area (Å²) in [4.78, 5) is 67.0. The lowest BCUT2D eigenvalue weighted by Gasteiger charge is -2.59. The molecule has 0 amide bonds. The molecule has 0 N–H and O–H groups in total. The minimum absolute atomic E-state index is 0.178. The second-order valence-electron chi connectivity index (χ2n) is 10.6. The van der Waals surface area contributed by atoms with E-state index in [-0.39, 0.29) is 26.2 Å². The zero-order chi connectivity index (χ0) is 30.2. The van der Waals surface area contributed by atoms with E-state index < -0.39 is 40.7 Å². The van der Waals surface area contributed by atoms with Crippen LogP contribution in [0.5, 0.6) is 0 Å². The van der Waals surface area contributed by atoms with Crippen molar-refractivity contribution in [3.63, 3.8) is 0 Å². The highest BCUT2D eigenvalue weighted by Gasteiger charge is 2.68. The standard InChI is InChI=1S/C27H50O12/c1-11-15-18-31-37-21(28)34-24(5,6)27(14-4,25(7,8)35-22(29)38-32-19-16-12-2)26(9,10)36-23(30)39-33-20-17-13-3/h11-20H2,1-10H3. The summed E-state index contributed by atoms with van der Waals surface area (Å²) in [6.45, 7) is 17.8. The maximum atomic E-state index is 12.6. The van der Waals surface area contributed by atoms with E-state index in [0.717, 1.165) is 19.3 Å². The van der Waals surface area contributed by atoms with Crippen molar-refractivity contribution in [3.8, 4) is 0 Å². The van der Waals surface area contributed by atoms with E-state index in [0.29, 0.717) is 19.3 Å². The molecule has 0 aliphatic carbocycles. The molecule has 230 valence electrons. The van der Waals surface area contributed by atoms with Crippen LogP contribution in [-0.4, -0.2) is 55.1 Å². The second-order valence-corrected chi connectivity index (χ2v) is 10.6. The highest BCUT2D eigenvalue weighted by Crippen LogP contribution is 2.56. The normalized spacial score (nSPS) is 12.5. The maximum Gasteiger partial charge on any atom is 0.541 e. The van der Waals surface area contributed by atoms with Crippen molar-refractivity contribution in [1.29, 1.82) is 0 Å². The van der Waals surface area contributed by atoms with E-state index >= 15 is 0 Å². The summed E-state index contributed by atoms with van der Waals surface area (Å²) in [7, 11) is 0. The summed E-state index contributed by atoms with van der Waals surface area (Å²) >= 11 is 0. The fourth-order valence-electron chi connectivity index (χ4n) is 5.27. The predicted molar refractivity (Wildman–Crippen MR) is 140 cm³/mol. The first-order valence-corrected chi connectivity index (χ1v) is 13.7. The van der Waals surface area contributed by atoms with Gasteiger partial charge in [-0.3, -0.25) is 14.7 Å². The fraction of sp³-hybridized carbons (Fsp3) is 0.889. The van der Waals surface area contributed by atoms with E-state index in [2.05, 4.69) is 0 Å². The number of hydrogen-bond donors (Lipinski definition) is 0. The van der Waals surface area contributed by atoms with Crippen molar-refractivity contribution in [2.75, 3.05) is 19.8 Å². The first kappa shape index (κ1) is 36.7. The molecule has 0 aromatic carbocycles. The largest absolute Gasteiger partial charge is 0.541 e. The van der Waals surface area contributed by atoms with Gasteiger partial charge in [-0.05, 0) is 67.2 Å². The highest BCUT2D eigenvalue weighted by atomic mass is 17.2. The van der Waals surface area contributed by atoms with E-state index in [1.165, 1.54) is 0 Å². The van der Waals surface area contributed by atoms with Crippen molar-refractivity contribution in [1.82, 2.24) is 0 Å². The molecule has 0 rings (SSSR count). The van der Waals surface area contributed by atoms with Crippen molar-refractivity contribution in [2.45, 2.75) is 131 Å². The average Bonchev–Trinajstić information content (AvgIpc) is 2.81. The second kappa shape index (κ2) is 17.4. The van der Waals surface area contributed by atoms with E-state index in [4.69, 9.17) is 43.5 Å². The van der Waals surface area contributed by atoms with Crippen molar-refractivity contribution in [3.05, 3.63) is 0 Å². The van der Waals surface area contributed by atoms with Crippen LogP contribution in [0.1, 0.15) is 114 Å². The number of carbonyl (C=O) groups excluding carboxylic acids is 3. The molecular formula is C27H50O12. The van der Waals surface area contributed by atoms with E-state index in [1.807, 2.05) is 20.8 Å². The van der Waals surface area contributed by atoms with Gasteiger partial charge in [0.1, 0.15) is 16.8 Å². The Hall–Kier alpha value is -2.31. The van der Waals surface area contributed by atoms with E-state index in [1.54, 1.807) is 48.5 Å². The number of ether oxygens (including phenoxy) is 3. The van der Waals surface area contributed by atoms with Gasteiger partial charge in [0.15, 0.2) is 0 Å². The number of carbonyl (C=O) groups is 3. The van der Waals surface area contributed by atoms with Gasteiger partial charge >= 0.3 is 18.5 Å². The Morgan fingerprint density at radius 1 is 0.487 bits per heavy atom. The van der Waals surface area contributed by atoms with E-state index in [9.17, 15) is 14.4 Å². The summed E-state index contributed by atoms with van der Waals surface area (Å²) < 4.78 is 17.2. The van der Waals surface area contributed by atoms with Crippen LogP contribution in [0.4, 0.5) is 14.4 Å². The van der Waals surface area contributed by atoms with Gasteiger partial charge in [0.05, 0.1) is 25.2 Å². The Kier molecular flexibility index (Phi) is 16.4. The predicted octanol–water partition coefficient (Wildman–Crippen LogP) is 7.37. The van der Waals surface area contributed by atoms with Crippen LogP contribution in [-0.2, 0) is 43.5 Å². The Labute approximate surface area is 233 Å². The summed E-state index contributed by atoms with van der Waals surface area (Å²) in [6.07, 6.45) is 1.41. The van der Waals surface area contributed by atoms with Gasteiger partial charge in [-0.15, -0.1) is 0 Å². The fourth-order valence-corrected chi connectivity index (χ4v) is 5.27. The topological polar surface area (TPSA) is 134 Å². The average molecular weight is 567 g/mol. The smallest absolute Gasteiger partial charge is 0.425 e. The molecule has 0 aromatic rings. The molecule has 0 fully saturated rings. The summed E-state index contributed by atoms with van der Waals surface area (Å²) in [5.41, 5.74) is -5.91. The summed E-state index contributed by atoms with van der Waals surface area (Å²) in [5, 5.41) is 0. The van der Waals surface area contributed by atoms with Gasteiger partial charge in [-0.25, -0.2) is 14.4 Å². The Morgan fingerprint density at radius 2 is 0.744 bits per heavy atom. The molecule has 0 radical (unpaired) electrons. The lowest BCUT2D eigenvalue weighted by Crippen LogP contribution is -2.70. The van der Waals surface area contributed by atoms with Gasteiger partial charge in [0.2, 0.25) is 0 Å². The molecule has 39 heavy (non-hydrogen) atoms. The molecule has 0 aromatic heterocycles. The van der Waals surface area contributed by atoms with Gasteiger partial charge in [-0.2, -0.15) is 14.7 Å². The van der Waals surface area contributed by atoms with Crippen LogP contribution in [0.2, 0.25) is 0 Å². The third kappa shape index (κ3) is 11.0. The quantitative estimate of drug-likeness (QED) is 0.0507. The monoisotopic (exact) mass is 566 g/mol. The van der Waals surface area contributed by atoms with Gasteiger partial charge in [0.25, 0.3) is 0 Å². The molecule has 12 heteroatoms. The zero-order valence-corrected chi connectivity index (χ0v) is 25.5. The maximum absolute atomic E-state index is 12.6. The number of unbranched alkanes of at least 4 members (excludes halogenated alkanes) is 3. The lowest BCUT2D eigenvalue weighted by molar-refractivity contribution is -0.312. The first-order valence-electron chi connectivity index (χ1n) is 13.7. The number of rotatable bonds is 19. The van der Waals surface area contributed by atoms with Crippen molar-refractivity contribution >= 4 is 18.5 Å². The molecule has 0 bridgehead atoms. The molecule has 0 saturated heterocycles.